The molecule has 1 saturated carbocycles. The Labute approximate surface area is 231 Å². The maximum absolute atomic E-state index is 13.5. The molecule has 11 heteroatoms. The Morgan fingerprint density at radius 3 is 2.64 bits per heavy atom. The van der Waals surface area contributed by atoms with Crippen molar-refractivity contribution in [2.45, 2.75) is 40.0 Å². The van der Waals surface area contributed by atoms with Crippen LogP contribution in [0.1, 0.15) is 68.2 Å². The van der Waals surface area contributed by atoms with E-state index in [2.05, 4.69) is 43.9 Å². The van der Waals surface area contributed by atoms with Gasteiger partial charge in [0.2, 0.25) is 5.13 Å². The lowest BCUT2D eigenvalue weighted by molar-refractivity contribution is 0.102. The lowest BCUT2D eigenvalue weighted by Gasteiger charge is -2.15. The van der Waals surface area contributed by atoms with Gasteiger partial charge in [-0.3, -0.25) is 25.5 Å². The second-order valence-electron chi connectivity index (χ2n) is 8.14. The van der Waals surface area contributed by atoms with Crippen molar-refractivity contribution in [2.75, 3.05) is 12.4 Å². The number of hydrogen-bond donors (Lipinski definition) is 2. The van der Waals surface area contributed by atoms with Crippen LogP contribution in [0.25, 0.3) is 11.1 Å². The molecular formula is C28H30F2N6O2S. The number of carbonyl (C=O) groups excluding carboxylic acids is 1. The topological polar surface area (TPSA) is 114 Å². The van der Waals surface area contributed by atoms with Gasteiger partial charge in [0.25, 0.3) is 12.3 Å². The molecule has 1 fully saturated rings. The summed E-state index contributed by atoms with van der Waals surface area (Å²) < 4.78 is 32.3. The molecule has 3 aromatic heterocycles. The van der Waals surface area contributed by atoms with E-state index in [1.807, 2.05) is 13.8 Å². The molecule has 1 aliphatic rings. The average Bonchev–Trinajstić information content (AvgIpc) is 3.69. The van der Waals surface area contributed by atoms with E-state index >= 15 is 0 Å². The minimum atomic E-state index is -2.84. The molecule has 204 valence electrons. The van der Waals surface area contributed by atoms with E-state index in [9.17, 15) is 13.6 Å². The van der Waals surface area contributed by atoms with E-state index in [1.54, 1.807) is 19.1 Å². The Morgan fingerprint density at radius 2 is 2.00 bits per heavy atom. The maximum atomic E-state index is 13.5. The summed E-state index contributed by atoms with van der Waals surface area (Å²) in [6, 6.07) is 2.63. The summed E-state index contributed by atoms with van der Waals surface area (Å²) in [5, 5.41) is 19.7. The highest BCUT2D eigenvalue weighted by Gasteiger charge is 2.22. The van der Waals surface area contributed by atoms with Crippen LogP contribution in [0.3, 0.4) is 0 Å². The first kappa shape index (κ1) is 29.3. The van der Waals surface area contributed by atoms with E-state index in [0.29, 0.717) is 10.9 Å². The highest BCUT2D eigenvalue weighted by Crippen LogP contribution is 2.35. The molecule has 3 heterocycles. The molecule has 0 bridgehead atoms. The first-order valence-electron chi connectivity index (χ1n) is 12.2. The predicted molar refractivity (Wildman–Crippen MR) is 151 cm³/mol. The number of amides is 1. The van der Waals surface area contributed by atoms with Crippen molar-refractivity contribution in [1.82, 2.24) is 20.2 Å². The molecular weight excluding hydrogens is 522 g/mol. The normalized spacial score (nSPS) is 12.5. The van der Waals surface area contributed by atoms with Gasteiger partial charge in [0.05, 0.1) is 30.3 Å². The zero-order chi connectivity index (χ0) is 28.5. The zero-order valence-corrected chi connectivity index (χ0v) is 22.8. The number of nitrogens with zero attached hydrogens (tertiary/aromatic N) is 4. The van der Waals surface area contributed by atoms with Crippen molar-refractivity contribution in [3.8, 4) is 28.7 Å². The van der Waals surface area contributed by atoms with Crippen LogP contribution in [0, 0.1) is 23.2 Å². The van der Waals surface area contributed by atoms with Crippen LogP contribution in [-0.4, -0.2) is 38.9 Å². The van der Waals surface area contributed by atoms with Gasteiger partial charge >= 0.3 is 0 Å². The fraction of sp³-hybridized carbons (Fsp3) is 0.286. The van der Waals surface area contributed by atoms with Gasteiger partial charge in [-0.1, -0.05) is 43.8 Å². The third-order valence-electron chi connectivity index (χ3n) is 5.35. The molecule has 3 aromatic rings. The summed E-state index contributed by atoms with van der Waals surface area (Å²) in [6.45, 7) is 9.45. The number of nitrogens with one attached hydrogen (secondary N) is 2. The summed E-state index contributed by atoms with van der Waals surface area (Å²) in [6.07, 6.45) is 4.91. The smallest absolute Gasteiger partial charge is 0.280 e. The lowest BCUT2D eigenvalue weighted by atomic mass is 9.98. The lowest BCUT2D eigenvalue weighted by Crippen LogP contribution is -2.15. The average molecular weight is 553 g/mol. The van der Waals surface area contributed by atoms with Crippen LogP contribution < -0.4 is 10.1 Å². The third kappa shape index (κ3) is 7.61. The van der Waals surface area contributed by atoms with Gasteiger partial charge < -0.3 is 4.74 Å². The van der Waals surface area contributed by atoms with Crippen LogP contribution in [-0.2, 0) is 0 Å². The van der Waals surface area contributed by atoms with Crippen molar-refractivity contribution < 1.29 is 19.7 Å². The summed E-state index contributed by atoms with van der Waals surface area (Å²) in [7, 11) is 1.37. The molecule has 1 amide bonds. The number of pyridine rings is 2. The molecule has 2 N–H and O–H groups in total. The standard InChI is InChI=1S/C26H22F2N6O2S.C2H6.H2/c1-4-14(2)9-19(29)20-10-16(17-11-21(24(27)28)31-13-22(17)36-3)18(12-30-20)25(35)32-26-34-33-23(37-26)8-7-15-5-6-15;1-2;/h4,9-13,15,24,29H,1,5-6H2,2-3H3,(H,32,34,35);1-2H3;1H/b14-9-,29-19?;;. The molecule has 0 atom stereocenters. The second kappa shape index (κ2) is 13.5. The molecule has 0 saturated heterocycles. The summed E-state index contributed by atoms with van der Waals surface area (Å²) in [4.78, 5) is 21.3. The van der Waals surface area contributed by atoms with E-state index in [-0.39, 0.29) is 40.4 Å². The van der Waals surface area contributed by atoms with Gasteiger partial charge in [0.1, 0.15) is 11.4 Å². The molecule has 39 heavy (non-hydrogen) atoms. The van der Waals surface area contributed by atoms with Crippen molar-refractivity contribution >= 4 is 28.1 Å². The highest BCUT2D eigenvalue weighted by atomic mass is 32.1. The molecule has 0 radical (unpaired) electrons. The summed E-state index contributed by atoms with van der Waals surface area (Å²) >= 11 is 1.13. The molecule has 0 aliphatic heterocycles. The van der Waals surface area contributed by atoms with E-state index in [0.717, 1.165) is 35.8 Å². The van der Waals surface area contributed by atoms with Crippen molar-refractivity contribution in [1.29, 1.82) is 5.41 Å². The number of anilines is 1. The fourth-order valence-electron chi connectivity index (χ4n) is 3.20. The van der Waals surface area contributed by atoms with E-state index in [1.165, 1.54) is 25.6 Å². The minimum Gasteiger partial charge on any atom is -0.494 e. The highest BCUT2D eigenvalue weighted by molar-refractivity contribution is 7.15. The molecule has 1 aliphatic carbocycles. The van der Waals surface area contributed by atoms with Crippen molar-refractivity contribution in [2.24, 2.45) is 5.92 Å². The summed E-state index contributed by atoms with van der Waals surface area (Å²) in [5.74, 6) is 6.02. The number of ether oxygens (including phenoxy) is 1. The van der Waals surface area contributed by atoms with Crippen LogP contribution in [0.2, 0.25) is 0 Å². The van der Waals surface area contributed by atoms with Gasteiger partial charge in [-0.15, -0.1) is 10.2 Å². The predicted octanol–water partition coefficient (Wildman–Crippen LogP) is 6.73. The Hall–Kier alpha value is -4.30. The maximum Gasteiger partial charge on any atom is 0.280 e. The van der Waals surface area contributed by atoms with E-state index < -0.39 is 18.0 Å². The van der Waals surface area contributed by atoms with Crippen LogP contribution in [0.5, 0.6) is 5.75 Å². The number of rotatable bonds is 8. The van der Waals surface area contributed by atoms with Gasteiger partial charge in [-0.2, -0.15) is 0 Å². The Balaban J connectivity index is 0.00000183. The van der Waals surface area contributed by atoms with Gasteiger partial charge in [-0.25, -0.2) is 8.78 Å². The number of alkyl halides is 2. The molecule has 0 aromatic carbocycles. The zero-order valence-electron chi connectivity index (χ0n) is 22.0. The fourth-order valence-corrected chi connectivity index (χ4v) is 3.80. The number of allylic oxidation sites excluding steroid dienone is 3. The largest absolute Gasteiger partial charge is 0.494 e. The summed E-state index contributed by atoms with van der Waals surface area (Å²) in [5.41, 5.74) is 1.01. The Kier molecular flexibility index (Phi) is 10.1. The van der Waals surface area contributed by atoms with Crippen LogP contribution >= 0.6 is 11.3 Å². The molecule has 0 unspecified atom stereocenters. The van der Waals surface area contributed by atoms with Crippen molar-refractivity contribution in [3.05, 3.63) is 70.8 Å². The van der Waals surface area contributed by atoms with Gasteiger partial charge in [0.15, 0.2) is 5.01 Å². The second-order valence-corrected chi connectivity index (χ2v) is 9.12. The van der Waals surface area contributed by atoms with Crippen LogP contribution in [0.15, 0.2) is 48.8 Å². The van der Waals surface area contributed by atoms with Crippen LogP contribution in [0.4, 0.5) is 13.9 Å². The Morgan fingerprint density at radius 1 is 1.26 bits per heavy atom. The number of halogens is 2. The first-order valence-corrected chi connectivity index (χ1v) is 13.0. The monoisotopic (exact) mass is 552 g/mol. The third-order valence-corrected chi connectivity index (χ3v) is 6.10. The number of methoxy groups -OCH3 is 1. The molecule has 4 rings (SSSR count). The van der Waals surface area contributed by atoms with Crippen molar-refractivity contribution in [3.63, 3.8) is 0 Å². The quantitative estimate of drug-likeness (QED) is 0.182. The Bertz CT molecular complexity index is 1470. The first-order chi connectivity index (χ1) is 18.8. The number of aromatic nitrogens is 4. The minimum absolute atomic E-state index is 0. The SMILES string of the molecule is C=C/C(C)=C\C(=N)c1cc(-c2cc(C(F)F)ncc2OC)c(C(=O)Nc2nnc(C#CC3CC3)s2)cn1.CC.[HH]. The number of hydrogen-bond acceptors (Lipinski definition) is 8. The van der Waals surface area contributed by atoms with Gasteiger partial charge in [0, 0.05) is 24.7 Å². The number of carbonyl (C=O) groups is 1. The van der Waals surface area contributed by atoms with Gasteiger partial charge in [-0.05, 0) is 49.5 Å². The molecule has 0 spiro atoms. The molecule has 8 nitrogen and oxygen atoms in total. The van der Waals surface area contributed by atoms with E-state index in [4.69, 9.17) is 10.1 Å².